The molecule has 2 aromatic rings. The first-order valence-electron chi connectivity index (χ1n) is 8.69. The molecule has 0 aliphatic carbocycles. The molecule has 0 bridgehead atoms. The molecule has 28 heavy (non-hydrogen) atoms. The number of hydrogen-bond donors (Lipinski definition) is 0. The highest BCUT2D eigenvalue weighted by atomic mass is 19.4. The number of carbonyl (C=O) groups is 2. The van der Waals surface area contributed by atoms with Crippen LogP contribution >= 0.6 is 0 Å². The molecule has 1 aliphatic rings. The predicted molar refractivity (Wildman–Crippen MR) is 91.8 cm³/mol. The first-order chi connectivity index (χ1) is 13.1. The van der Waals surface area contributed by atoms with Gasteiger partial charge in [-0.05, 0) is 39.0 Å². The van der Waals surface area contributed by atoms with E-state index >= 15 is 0 Å². The second-order valence-electron chi connectivity index (χ2n) is 6.75. The molecule has 2 heterocycles. The normalized spacial score (nSPS) is 19.6. The van der Waals surface area contributed by atoms with Crippen molar-refractivity contribution in [2.45, 2.75) is 52.0 Å². The maximum absolute atomic E-state index is 13.0. The Kier molecular flexibility index (Phi) is 5.18. The number of carbonyl (C=O) groups excluding carboxylic acids is 2. The van der Waals surface area contributed by atoms with Crippen LogP contribution in [0.15, 0.2) is 24.3 Å². The van der Waals surface area contributed by atoms with Crippen molar-refractivity contribution in [2.75, 3.05) is 0 Å². The summed E-state index contributed by atoms with van der Waals surface area (Å²) in [6.45, 7) is 5.03. The van der Waals surface area contributed by atoms with Gasteiger partial charge in [0.15, 0.2) is 0 Å². The molecule has 1 aromatic carbocycles. The largest absolute Gasteiger partial charge is 0.460 e. The average Bonchev–Trinajstić information content (AvgIpc) is 3.06. The number of hydrogen-bond acceptors (Lipinski definition) is 5. The number of halogens is 3. The number of aromatic nitrogens is 2. The van der Waals surface area contributed by atoms with Crippen molar-refractivity contribution < 1.29 is 32.2 Å². The standard InChI is InChI=1S/C19H19F3N2O4/c1-10-7-16(18(26)27-10)28-17(25)9-15-11(2)23-24(12(15)3)14-6-4-5-13(8-14)19(20,21)22/h4-6,8,10,16H,7,9H2,1-3H3/t10-,16-/m1/s1. The van der Waals surface area contributed by atoms with Gasteiger partial charge in [0.25, 0.3) is 0 Å². The van der Waals surface area contributed by atoms with Crippen LogP contribution in [0, 0.1) is 13.8 Å². The van der Waals surface area contributed by atoms with E-state index in [0.29, 0.717) is 23.4 Å². The van der Waals surface area contributed by atoms with E-state index in [1.807, 2.05) is 0 Å². The Morgan fingerprint density at radius 2 is 2.07 bits per heavy atom. The maximum atomic E-state index is 13.0. The van der Waals surface area contributed by atoms with E-state index in [0.717, 1.165) is 12.1 Å². The van der Waals surface area contributed by atoms with Gasteiger partial charge in [0.05, 0.1) is 23.4 Å². The molecule has 1 saturated heterocycles. The highest BCUT2D eigenvalue weighted by molar-refractivity contribution is 5.82. The number of nitrogens with zero attached hydrogens (tertiary/aromatic N) is 2. The monoisotopic (exact) mass is 396 g/mol. The second-order valence-corrected chi connectivity index (χ2v) is 6.75. The summed E-state index contributed by atoms with van der Waals surface area (Å²) in [6, 6.07) is 4.79. The number of benzene rings is 1. The Morgan fingerprint density at radius 1 is 1.36 bits per heavy atom. The first-order valence-corrected chi connectivity index (χ1v) is 8.69. The molecule has 1 aliphatic heterocycles. The first kappa shape index (κ1) is 19.9. The summed E-state index contributed by atoms with van der Waals surface area (Å²) in [4.78, 5) is 23.8. The minimum Gasteiger partial charge on any atom is -0.460 e. The zero-order valence-corrected chi connectivity index (χ0v) is 15.5. The van der Waals surface area contributed by atoms with Gasteiger partial charge in [-0.25, -0.2) is 9.48 Å². The van der Waals surface area contributed by atoms with Crippen molar-refractivity contribution in [3.8, 4) is 5.69 Å². The molecule has 0 spiro atoms. The van der Waals surface area contributed by atoms with E-state index < -0.39 is 29.8 Å². The second kappa shape index (κ2) is 7.29. The summed E-state index contributed by atoms with van der Waals surface area (Å²) in [7, 11) is 0. The number of ether oxygens (including phenoxy) is 2. The molecule has 2 atom stereocenters. The highest BCUT2D eigenvalue weighted by Crippen LogP contribution is 2.31. The molecule has 0 unspecified atom stereocenters. The number of rotatable bonds is 4. The fourth-order valence-corrected chi connectivity index (χ4v) is 3.16. The van der Waals surface area contributed by atoms with Gasteiger partial charge in [-0.2, -0.15) is 18.3 Å². The van der Waals surface area contributed by atoms with Gasteiger partial charge in [-0.1, -0.05) is 6.07 Å². The Morgan fingerprint density at radius 3 is 2.68 bits per heavy atom. The van der Waals surface area contributed by atoms with E-state index in [1.54, 1.807) is 20.8 Å². The van der Waals surface area contributed by atoms with Gasteiger partial charge in [0.1, 0.15) is 6.10 Å². The van der Waals surface area contributed by atoms with E-state index in [2.05, 4.69) is 5.10 Å². The molecular formula is C19H19F3N2O4. The van der Waals surface area contributed by atoms with Gasteiger partial charge in [-0.3, -0.25) is 4.79 Å². The summed E-state index contributed by atoms with van der Waals surface area (Å²) in [5.41, 5.74) is 1.02. The fourth-order valence-electron chi connectivity index (χ4n) is 3.16. The van der Waals surface area contributed by atoms with Gasteiger partial charge in [0, 0.05) is 17.7 Å². The zero-order chi connectivity index (χ0) is 20.6. The summed E-state index contributed by atoms with van der Waals surface area (Å²) >= 11 is 0. The Balaban J connectivity index is 1.81. The third-order valence-corrected chi connectivity index (χ3v) is 4.58. The lowest BCUT2D eigenvalue weighted by Crippen LogP contribution is -2.24. The summed E-state index contributed by atoms with van der Waals surface area (Å²) in [5, 5.41) is 4.27. The molecule has 0 saturated carbocycles. The van der Waals surface area contributed by atoms with Crippen molar-refractivity contribution in [1.29, 1.82) is 0 Å². The van der Waals surface area contributed by atoms with Crippen LogP contribution in [-0.2, 0) is 31.7 Å². The fraction of sp³-hybridized carbons (Fsp3) is 0.421. The number of esters is 2. The quantitative estimate of drug-likeness (QED) is 0.742. The molecular weight excluding hydrogens is 377 g/mol. The van der Waals surface area contributed by atoms with Gasteiger partial charge in [-0.15, -0.1) is 0 Å². The van der Waals surface area contributed by atoms with Crippen LogP contribution in [0.4, 0.5) is 13.2 Å². The lowest BCUT2D eigenvalue weighted by atomic mass is 10.1. The molecule has 1 aromatic heterocycles. The van der Waals surface area contributed by atoms with Crippen molar-refractivity contribution in [1.82, 2.24) is 9.78 Å². The smallest absolute Gasteiger partial charge is 0.416 e. The SMILES string of the molecule is Cc1nn(-c2cccc(C(F)(F)F)c2)c(C)c1CC(=O)O[C@@H]1C[C@@H](C)OC1=O. The maximum Gasteiger partial charge on any atom is 0.416 e. The molecule has 0 amide bonds. The van der Waals surface area contributed by atoms with Gasteiger partial charge >= 0.3 is 18.1 Å². The Labute approximate surface area is 159 Å². The topological polar surface area (TPSA) is 70.4 Å². The van der Waals surface area contributed by atoms with Gasteiger partial charge < -0.3 is 9.47 Å². The minimum atomic E-state index is -4.47. The zero-order valence-electron chi connectivity index (χ0n) is 15.5. The van der Waals surface area contributed by atoms with Crippen LogP contribution in [0.2, 0.25) is 0 Å². The van der Waals surface area contributed by atoms with Crippen LogP contribution in [0.3, 0.4) is 0 Å². The summed E-state index contributed by atoms with van der Waals surface area (Å²) in [5.74, 6) is -1.19. The van der Waals surface area contributed by atoms with Crippen LogP contribution in [0.25, 0.3) is 5.69 Å². The van der Waals surface area contributed by atoms with E-state index in [9.17, 15) is 22.8 Å². The molecule has 6 nitrogen and oxygen atoms in total. The molecule has 150 valence electrons. The molecule has 3 rings (SSSR count). The lowest BCUT2D eigenvalue weighted by molar-refractivity contribution is -0.160. The third kappa shape index (κ3) is 4.02. The van der Waals surface area contributed by atoms with E-state index in [1.165, 1.54) is 16.8 Å². The summed E-state index contributed by atoms with van der Waals surface area (Å²) in [6.07, 6.45) is -5.55. The molecule has 0 N–H and O–H groups in total. The Bertz CT molecular complexity index is 920. The summed E-state index contributed by atoms with van der Waals surface area (Å²) < 4.78 is 50.4. The number of alkyl halides is 3. The lowest BCUT2D eigenvalue weighted by Gasteiger charge is -2.11. The molecule has 0 radical (unpaired) electrons. The average molecular weight is 396 g/mol. The van der Waals surface area contributed by atoms with Crippen LogP contribution in [-0.4, -0.2) is 33.9 Å². The minimum absolute atomic E-state index is 0.144. The van der Waals surface area contributed by atoms with Crippen LogP contribution in [0.5, 0.6) is 0 Å². The van der Waals surface area contributed by atoms with Gasteiger partial charge in [0.2, 0.25) is 6.10 Å². The highest BCUT2D eigenvalue weighted by Gasteiger charge is 2.35. The van der Waals surface area contributed by atoms with Crippen molar-refractivity contribution in [3.63, 3.8) is 0 Å². The number of cyclic esters (lactones) is 1. The van der Waals surface area contributed by atoms with Crippen molar-refractivity contribution >= 4 is 11.9 Å². The van der Waals surface area contributed by atoms with E-state index in [4.69, 9.17) is 9.47 Å². The molecule has 1 fully saturated rings. The number of aryl methyl sites for hydroxylation is 1. The molecule has 9 heteroatoms. The van der Waals surface area contributed by atoms with Crippen molar-refractivity contribution in [2.24, 2.45) is 0 Å². The van der Waals surface area contributed by atoms with E-state index in [-0.39, 0.29) is 18.2 Å². The third-order valence-electron chi connectivity index (χ3n) is 4.58. The predicted octanol–water partition coefficient (Wildman–Crippen LogP) is 3.30. The van der Waals surface area contributed by atoms with Crippen molar-refractivity contribution in [3.05, 3.63) is 46.8 Å². The van der Waals surface area contributed by atoms with Crippen LogP contribution in [0.1, 0.15) is 35.9 Å². The Hall–Kier alpha value is -2.84. The van der Waals surface area contributed by atoms with Crippen LogP contribution < -0.4 is 0 Å².